The van der Waals surface area contributed by atoms with Crippen molar-refractivity contribution in [1.82, 2.24) is 0 Å². The molecule has 0 amide bonds. The van der Waals surface area contributed by atoms with E-state index in [1.165, 1.54) is 0 Å². The van der Waals surface area contributed by atoms with E-state index in [4.69, 9.17) is 13.6 Å². The predicted octanol–water partition coefficient (Wildman–Crippen LogP) is 4.79. The Kier molecular flexibility index (Phi) is 7.00. The van der Waals surface area contributed by atoms with Gasteiger partial charge in [0.1, 0.15) is 11.4 Å². The van der Waals surface area contributed by atoms with Gasteiger partial charge in [0.2, 0.25) is 0 Å². The van der Waals surface area contributed by atoms with Gasteiger partial charge in [-0.05, 0) is 78.2 Å². The van der Waals surface area contributed by atoms with Gasteiger partial charge in [0, 0.05) is 0 Å². The molecule has 0 spiro atoms. The summed E-state index contributed by atoms with van der Waals surface area (Å²) < 4.78 is 17.2. The second-order valence-electron chi connectivity index (χ2n) is 8.98. The van der Waals surface area contributed by atoms with Crippen LogP contribution in [0.15, 0.2) is 15.5 Å². The summed E-state index contributed by atoms with van der Waals surface area (Å²) >= 11 is 0. The third kappa shape index (κ3) is 8.78. The second kappa shape index (κ2) is 7.96. The van der Waals surface area contributed by atoms with Crippen LogP contribution in [0.25, 0.3) is 0 Å². The molecule has 0 N–H and O–H groups in total. The number of hydrogen-bond donors (Lipinski definition) is 0. The fourth-order valence-corrected chi connectivity index (χ4v) is 2.81. The molecule has 1 saturated carbocycles. The Hall–Kier alpha value is -0.939. The van der Waals surface area contributed by atoms with Crippen molar-refractivity contribution in [1.29, 1.82) is 0 Å². The van der Waals surface area contributed by atoms with Crippen molar-refractivity contribution in [3.63, 3.8) is 0 Å². The van der Waals surface area contributed by atoms with Crippen molar-refractivity contribution < 1.29 is 13.6 Å². The summed E-state index contributed by atoms with van der Waals surface area (Å²) in [7, 11) is -5.26. The molecule has 0 radical (unpaired) electrons. The van der Waals surface area contributed by atoms with Crippen LogP contribution in [-0.2, 0) is 13.6 Å². The van der Waals surface area contributed by atoms with E-state index in [1.807, 2.05) is 0 Å². The van der Waals surface area contributed by atoms with Crippen molar-refractivity contribution in [2.45, 2.75) is 78.2 Å². The van der Waals surface area contributed by atoms with Gasteiger partial charge in [0.05, 0.1) is 0 Å². The Morgan fingerprint density at radius 1 is 0.583 bits per heavy atom. The van der Waals surface area contributed by atoms with Crippen LogP contribution in [0.1, 0.15) is 19.3 Å². The molecule has 24 heavy (non-hydrogen) atoms. The van der Waals surface area contributed by atoms with Gasteiger partial charge in [-0.15, -0.1) is 10.3 Å². The van der Waals surface area contributed by atoms with Crippen LogP contribution in [0.3, 0.4) is 0 Å². The molecule has 1 fully saturated rings. The summed E-state index contributed by atoms with van der Waals surface area (Å²) in [5, 5.41) is 13.2. The van der Waals surface area contributed by atoms with Crippen molar-refractivity contribution in [2.24, 2.45) is 15.5 Å². The summed E-state index contributed by atoms with van der Waals surface area (Å²) in [5.74, 6) is 0. The highest BCUT2D eigenvalue weighted by molar-refractivity contribution is 6.73. The molecule has 6 nitrogen and oxygen atoms in total. The minimum atomic E-state index is -1.78. The molecular formula is C15H33N3O3Si3. The summed E-state index contributed by atoms with van der Waals surface area (Å²) in [6.07, 6.45) is 2.61. The number of oxime groups is 3. The van der Waals surface area contributed by atoms with Gasteiger partial charge < -0.3 is 13.6 Å². The lowest BCUT2D eigenvalue weighted by molar-refractivity contribution is 0.326. The maximum Gasteiger partial charge on any atom is 0.278 e. The highest BCUT2D eigenvalue weighted by Crippen LogP contribution is 2.17. The zero-order valence-corrected chi connectivity index (χ0v) is 19.7. The second-order valence-corrected chi connectivity index (χ2v) is 22.2. The van der Waals surface area contributed by atoms with Crippen LogP contribution >= 0.6 is 0 Å². The molecule has 9 heteroatoms. The van der Waals surface area contributed by atoms with Crippen LogP contribution in [0, 0.1) is 0 Å². The van der Waals surface area contributed by atoms with E-state index in [1.54, 1.807) is 0 Å². The van der Waals surface area contributed by atoms with Gasteiger partial charge in [-0.2, -0.15) is 0 Å². The average Bonchev–Trinajstić information content (AvgIpc) is 2.38. The first-order valence-electron chi connectivity index (χ1n) is 8.54. The summed E-state index contributed by atoms with van der Waals surface area (Å²) in [6.45, 7) is 19.0. The van der Waals surface area contributed by atoms with Gasteiger partial charge in [-0.25, -0.2) is 0 Å². The Balaban J connectivity index is 3.13. The van der Waals surface area contributed by atoms with Gasteiger partial charge in [-0.1, -0.05) is 5.16 Å². The Morgan fingerprint density at radius 3 is 1.25 bits per heavy atom. The van der Waals surface area contributed by atoms with Gasteiger partial charge in [-0.3, -0.25) is 0 Å². The van der Waals surface area contributed by atoms with Crippen LogP contribution in [0.2, 0.25) is 58.9 Å². The molecule has 1 aliphatic rings. The smallest absolute Gasteiger partial charge is 0.278 e. The van der Waals surface area contributed by atoms with Crippen molar-refractivity contribution in [2.75, 3.05) is 0 Å². The summed E-state index contributed by atoms with van der Waals surface area (Å²) in [4.78, 5) is 0. The first-order valence-corrected chi connectivity index (χ1v) is 18.8. The maximum absolute atomic E-state index is 5.77. The van der Waals surface area contributed by atoms with Crippen LogP contribution in [-0.4, -0.2) is 42.1 Å². The van der Waals surface area contributed by atoms with Gasteiger partial charge in [0.15, 0.2) is 5.71 Å². The molecule has 0 aliphatic heterocycles. The van der Waals surface area contributed by atoms with Gasteiger partial charge in [0.25, 0.3) is 25.0 Å². The van der Waals surface area contributed by atoms with Crippen molar-refractivity contribution >= 4 is 42.1 Å². The normalized spacial score (nSPS) is 22.1. The predicted molar refractivity (Wildman–Crippen MR) is 109 cm³/mol. The molecule has 0 unspecified atom stereocenters. The lowest BCUT2D eigenvalue weighted by Crippen LogP contribution is -2.34. The molecule has 0 aromatic rings. The topological polar surface area (TPSA) is 64.8 Å². The maximum atomic E-state index is 5.77. The molecule has 0 aromatic carbocycles. The summed E-state index contributed by atoms with van der Waals surface area (Å²) in [6, 6.07) is 0. The number of hydrogen-bond acceptors (Lipinski definition) is 6. The molecule has 0 aromatic heterocycles. The lowest BCUT2D eigenvalue weighted by atomic mass is 9.94. The molecule has 0 heterocycles. The Bertz CT molecular complexity index is 491. The molecule has 1 aliphatic carbocycles. The van der Waals surface area contributed by atoms with E-state index in [0.717, 1.165) is 30.7 Å². The zero-order valence-electron chi connectivity index (χ0n) is 16.7. The third-order valence-corrected chi connectivity index (χ3v) is 4.56. The van der Waals surface area contributed by atoms with Crippen LogP contribution in [0.5, 0.6) is 0 Å². The molecular weight excluding hydrogens is 354 g/mol. The number of nitrogens with zero attached hydrogens (tertiary/aromatic N) is 3. The fraction of sp³-hybridized carbons (Fsp3) is 0.800. The SMILES string of the molecule is C[Si](C)(C)O/N=C1/CCCC(=N\O[Si](C)(C)C)/C1=N\O[Si](C)(C)C. The van der Waals surface area contributed by atoms with E-state index in [9.17, 15) is 0 Å². The van der Waals surface area contributed by atoms with Crippen molar-refractivity contribution in [3.05, 3.63) is 0 Å². The van der Waals surface area contributed by atoms with Crippen LogP contribution < -0.4 is 0 Å². The van der Waals surface area contributed by atoms with E-state index in [-0.39, 0.29) is 0 Å². The fourth-order valence-electron chi connectivity index (χ4n) is 1.68. The molecule has 0 bridgehead atoms. The molecule has 0 atom stereocenters. The van der Waals surface area contributed by atoms with E-state index < -0.39 is 25.0 Å². The van der Waals surface area contributed by atoms with E-state index >= 15 is 0 Å². The lowest BCUT2D eigenvalue weighted by Gasteiger charge is -2.22. The largest absolute Gasteiger partial charge is 0.455 e. The Labute approximate surface area is 149 Å². The average molecular weight is 388 g/mol. The van der Waals surface area contributed by atoms with Crippen molar-refractivity contribution in [3.8, 4) is 0 Å². The minimum Gasteiger partial charge on any atom is -0.455 e. The zero-order chi connectivity index (χ0) is 18.6. The molecule has 0 saturated heterocycles. The van der Waals surface area contributed by atoms with E-state index in [2.05, 4.69) is 74.4 Å². The summed E-state index contributed by atoms with van der Waals surface area (Å²) in [5.41, 5.74) is 2.33. The minimum absolute atomic E-state index is 0.695. The highest BCUT2D eigenvalue weighted by atomic mass is 28.4. The monoisotopic (exact) mass is 387 g/mol. The number of rotatable bonds is 6. The first kappa shape index (κ1) is 21.1. The first-order chi connectivity index (χ1) is 10.8. The Morgan fingerprint density at radius 2 is 0.917 bits per heavy atom. The van der Waals surface area contributed by atoms with Gasteiger partial charge >= 0.3 is 0 Å². The molecule has 1 rings (SSSR count). The third-order valence-electron chi connectivity index (χ3n) is 2.64. The highest BCUT2D eigenvalue weighted by Gasteiger charge is 2.28. The van der Waals surface area contributed by atoms with E-state index in [0.29, 0.717) is 5.71 Å². The quantitative estimate of drug-likeness (QED) is 0.486. The standard InChI is InChI=1S/C15H33N3O3Si3/c1-22(2,3)19-16-13-11-10-12-14(17-20-23(4,5)6)15(13)18-21-24(7,8)9/h10-12H2,1-9H3/b16-13-,17-14+,18-15-. The molecule has 138 valence electrons. The van der Waals surface area contributed by atoms with Crippen LogP contribution in [0.4, 0.5) is 0 Å².